The number of hydrogen-bond donors (Lipinski definition) is 1. The van der Waals surface area contributed by atoms with Crippen LogP contribution < -0.4 is 0 Å². The third-order valence-electron chi connectivity index (χ3n) is 3.96. The van der Waals surface area contributed by atoms with Gasteiger partial charge in [0.05, 0.1) is 0 Å². The Kier molecular flexibility index (Phi) is 2.76. The van der Waals surface area contributed by atoms with Crippen molar-refractivity contribution in [1.29, 1.82) is 0 Å². The van der Waals surface area contributed by atoms with Gasteiger partial charge >= 0.3 is 5.97 Å². The molecule has 1 aromatic rings. The number of hydrogen-bond acceptors (Lipinski definition) is 2. The smallest absolute Gasteiger partial charge is 0.329 e. The van der Waals surface area contributed by atoms with Crippen LogP contribution >= 0.6 is 23.2 Å². The maximum atomic E-state index is 12.4. The van der Waals surface area contributed by atoms with E-state index in [1.54, 1.807) is 0 Å². The highest BCUT2D eigenvalue weighted by molar-refractivity contribution is 6.35. The first-order valence-corrected chi connectivity index (χ1v) is 6.69. The average molecular weight is 300 g/mol. The fourth-order valence-corrected chi connectivity index (χ4v) is 3.60. The van der Waals surface area contributed by atoms with E-state index in [1.165, 1.54) is 23.1 Å². The molecule has 1 amide bonds. The number of nitrogens with zero attached hydrogens (tertiary/aromatic N) is 1. The van der Waals surface area contributed by atoms with Gasteiger partial charge in [0.25, 0.3) is 5.91 Å². The van der Waals surface area contributed by atoms with Crippen LogP contribution in [0.15, 0.2) is 18.2 Å². The highest BCUT2D eigenvalue weighted by Gasteiger charge is 2.62. The van der Waals surface area contributed by atoms with Crippen LogP contribution in [0, 0.1) is 5.92 Å². The zero-order valence-electron chi connectivity index (χ0n) is 9.90. The second-order valence-corrected chi connectivity index (χ2v) is 6.06. The molecule has 2 aliphatic heterocycles. The standard InChI is InChI=1S/C13H11Cl2NO3/c14-9-1-8(2-10(15)3-9)11(17)16-6-7-4-13(16,5-7)12(18)19/h1-3,7H,4-6H2,(H,18,19). The monoisotopic (exact) mass is 299 g/mol. The fourth-order valence-electron chi connectivity index (χ4n) is 3.08. The first-order valence-electron chi connectivity index (χ1n) is 5.94. The minimum absolute atomic E-state index is 0.301. The summed E-state index contributed by atoms with van der Waals surface area (Å²) in [4.78, 5) is 25.3. The van der Waals surface area contributed by atoms with Crippen LogP contribution in [-0.4, -0.2) is 34.0 Å². The summed E-state index contributed by atoms with van der Waals surface area (Å²) in [5.74, 6) is -0.941. The number of benzene rings is 1. The number of carboxylic acids is 1. The molecule has 19 heavy (non-hydrogen) atoms. The van der Waals surface area contributed by atoms with Gasteiger partial charge in [-0.3, -0.25) is 4.79 Å². The molecular formula is C13H11Cl2NO3. The predicted molar refractivity (Wildman–Crippen MR) is 70.6 cm³/mol. The SMILES string of the molecule is O=C(c1cc(Cl)cc(Cl)c1)N1CC2CC1(C(=O)O)C2. The molecule has 4 nitrogen and oxygen atoms in total. The van der Waals surface area contributed by atoms with Crippen molar-refractivity contribution in [1.82, 2.24) is 4.90 Å². The minimum atomic E-state index is -1.02. The maximum absolute atomic E-state index is 12.4. The first kappa shape index (κ1) is 12.8. The lowest BCUT2D eigenvalue weighted by atomic mass is 9.73. The third-order valence-corrected chi connectivity index (χ3v) is 4.40. The van der Waals surface area contributed by atoms with Crippen LogP contribution in [0.3, 0.4) is 0 Å². The molecule has 1 aliphatic carbocycles. The van der Waals surface area contributed by atoms with Crippen LogP contribution in [0.4, 0.5) is 0 Å². The lowest BCUT2D eigenvalue weighted by Gasteiger charge is -2.37. The van der Waals surface area contributed by atoms with Gasteiger partial charge in [-0.1, -0.05) is 23.2 Å². The summed E-state index contributed by atoms with van der Waals surface area (Å²) in [6, 6.07) is 4.57. The molecule has 4 rings (SSSR count). The van der Waals surface area contributed by atoms with Crippen molar-refractivity contribution < 1.29 is 14.7 Å². The molecule has 0 spiro atoms. The molecule has 2 bridgehead atoms. The van der Waals surface area contributed by atoms with E-state index in [0.717, 1.165) is 0 Å². The Morgan fingerprint density at radius 2 is 1.79 bits per heavy atom. The number of carboxylic acid groups (broad SMARTS) is 1. The average Bonchev–Trinajstić information content (AvgIpc) is 2.81. The van der Waals surface area contributed by atoms with Gasteiger partial charge in [0.2, 0.25) is 0 Å². The summed E-state index contributed by atoms with van der Waals surface area (Å²) in [6.45, 7) is 0.495. The van der Waals surface area contributed by atoms with Crippen molar-refractivity contribution in [2.45, 2.75) is 18.4 Å². The van der Waals surface area contributed by atoms with Crippen molar-refractivity contribution in [3.63, 3.8) is 0 Å². The predicted octanol–water partition coefficient (Wildman–Crippen LogP) is 2.68. The highest BCUT2D eigenvalue weighted by Crippen LogP contribution is 2.51. The van der Waals surface area contributed by atoms with Crippen LogP contribution in [0.1, 0.15) is 23.2 Å². The molecule has 0 atom stereocenters. The Hall–Kier alpha value is -1.26. The van der Waals surface area contributed by atoms with E-state index < -0.39 is 11.5 Å². The summed E-state index contributed by atoms with van der Waals surface area (Å²) < 4.78 is 0. The minimum Gasteiger partial charge on any atom is -0.479 e. The topological polar surface area (TPSA) is 57.6 Å². The van der Waals surface area contributed by atoms with E-state index in [-0.39, 0.29) is 5.91 Å². The molecule has 1 aromatic carbocycles. The second kappa shape index (κ2) is 4.12. The molecular weight excluding hydrogens is 289 g/mol. The Labute approximate surface area is 119 Å². The number of halogens is 2. The number of aliphatic carboxylic acids is 1. The molecule has 6 heteroatoms. The van der Waals surface area contributed by atoms with E-state index in [4.69, 9.17) is 23.2 Å². The summed E-state index contributed by atoms with van der Waals surface area (Å²) >= 11 is 11.7. The largest absolute Gasteiger partial charge is 0.479 e. The fraction of sp³-hybridized carbons (Fsp3) is 0.385. The Morgan fingerprint density at radius 1 is 1.21 bits per heavy atom. The van der Waals surface area contributed by atoms with Gasteiger partial charge in [-0.25, -0.2) is 4.79 Å². The summed E-state index contributed by atoms with van der Waals surface area (Å²) in [5, 5.41) is 10.1. The molecule has 1 saturated carbocycles. The van der Waals surface area contributed by atoms with Crippen molar-refractivity contribution in [2.24, 2.45) is 5.92 Å². The van der Waals surface area contributed by atoms with Crippen LogP contribution in [0.2, 0.25) is 10.0 Å². The summed E-state index contributed by atoms with van der Waals surface area (Å²) in [7, 11) is 0. The van der Waals surface area contributed by atoms with Gasteiger partial charge in [0, 0.05) is 22.2 Å². The lowest BCUT2D eigenvalue weighted by molar-refractivity contribution is -0.151. The van der Waals surface area contributed by atoms with Gasteiger partial charge in [0.1, 0.15) is 5.54 Å². The molecule has 100 valence electrons. The number of carbonyl (C=O) groups excluding carboxylic acids is 1. The lowest BCUT2D eigenvalue weighted by Crippen LogP contribution is -2.54. The molecule has 3 fully saturated rings. The van der Waals surface area contributed by atoms with Gasteiger partial charge in [-0.15, -0.1) is 0 Å². The molecule has 1 N–H and O–H groups in total. The number of carbonyl (C=O) groups is 2. The van der Waals surface area contributed by atoms with E-state index in [9.17, 15) is 14.7 Å². The van der Waals surface area contributed by atoms with Crippen molar-refractivity contribution in [3.05, 3.63) is 33.8 Å². The van der Waals surface area contributed by atoms with E-state index >= 15 is 0 Å². The highest BCUT2D eigenvalue weighted by atomic mass is 35.5. The van der Waals surface area contributed by atoms with Crippen LogP contribution in [0.25, 0.3) is 0 Å². The Morgan fingerprint density at radius 3 is 2.32 bits per heavy atom. The molecule has 2 heterocycles. The quantitative estimate of drug-likeness (QED) is 0.913. The number of amides is 1. The van der Waals surface area contributed by atoms with Crippen molar-refractivity contribution >= 4 is 35.1 Å². The van der Waals surface area contributed by atoms with Gasteiger partial charge in [0.15, 0.2) is 0 Å². The van der Waals surface area contributed by atoms with Crippen molar-refractivity contribution in [3.8, 4) is 0 Å². The van der Waals surface area contributed by atoms with E-state index in [2.05, 4.69) is 0 Å². The summed E-state index contributed by atoms with van der Waals surface area (Å²) in [6.07, 6.45) is 1.09. The summed E-state index contributed by atoms with van der Waals surface area (Å²) in [5.41, 5.74) is -0.679. The van der Waals surface area contributed by atoms with Crippen LogP contribution in [0.5, 0.6) is 0 Å². The second-order valence-electron chi connectivity index (χ2n) is 5.18. The molecule has 0 unspecified atom stereocenters. The van der Waals surface area contributed by atoms with Gasteiger partial charge in [-0.05, 0) is 37.0 Å². The molecule has 0 aromatic heterocycles. The number of rotatable bonds is 2. The zero-order chi connectivity index (χ0) is 13.8. The van der Waals surface area contributed by atoms with Gasteiger partial charge in [-0.2, -0.15) is 0 Å². The van der Waals surface area contributed by atoms with E-state index in [1.807, 2.05) is 0 Å². The van der Waals surface area contributed by atoms with Crippen LogP contribution in [-0.2, 0) is 4.79 Å². The maximum Gasteiger partial charge on any atom is 0.329 e. The van der Waals surface area contributed by atoms with Gasteiger partial charge < -0.3 is 10.0 Å². The molecule has 2 saturated heterocycles. The third kappa shape index (κ3) is 1.82. The molecule has 3 aliphatic rings. The number of fused-ring (bicyclic) bond motifs is 1. The normalized spacial score (nSPS) is 28.1. The van der Waals surface area contributed by atoms with Crippen molar-refractivity contribution in [2.75, 3.05) is 6.54 Å². The Balaban J connectivity index is 1.94. The Bertz CT molecular complexity index is 561. The van der Waals surface area contributed by atoms with E-state index in [0.29, 0.717) is 40.9 Å². The molecule has 0 radical (unpaired) electrons. The first-order chi connectivity index (χ1) is 8.92. The zero-order valence-corrected chi connectivity index (χ0v) is 11.4.